The Labute approximate surface area is 297 Å². The molecule has 3 saturated carbocycles. The molecule has 0 unspecified atom stereocenters. The molecule has 272 valence electrons. The molecule has 4 bridgehead atoms. The maximum Gasteiger partial charge on any atom is 0.407 e. The second-order valence-corrected chi connectivity index (χ2v) is 16.4. The lowest BCUT2D eigenvalue weighted by atomic mass is 9.96. The van der Waals surface area contributed by atoms with E-state index in [9.17, 15) is 27.6 Å². The van der Waals surface area contributed by atoms with Crippen molar-refractivity contribution in [3.05, 3.63) is 54.8 Å². The quantitative estimate of drug-likeness (QED) is 0.361. The van der Waals surface area contributed by atoms with Gasteiger partial charge in [-0.2, -0.15) is 0 Å². The normalized spacial score (nSPS) is 29.5. The van der Waals surface area contributed by atoms with Gasteiger partial charge in [-0.3, -0.25) is 19.1 Å². The Morgan fingerprint density at radius 3 is 2.63 bits per heavy atom. The molecule has 3 heterocycles. The fraction of sp³-hybridized carbons (Fsp3) is 0.541. The Bertz CT molecular complexity index is 1860. The van der Waals surface area contributed by atoms with Crippen LogP contribution in [0, 0.1) is 11.8 Å². The third-order valence-corrected chi connectivity index (χ3v) is 12.7. The first-order chi connectivity index (χ1) is 24.6. The number of pyridine rings is 1. The Balaban J connectivity index is 1.20. The van der Waals surface area contributed by atoms with E-state index in [1.807, 2.05) is 30.3 Å². The topological polar surface area (TPSA) is 173 Å². The van der Waals surface area contributed by atoms with E-state index in [-0.39, 0.29) is 31.9 Å². The molecule has 2 aromatic rings. The lowest BCUT2D eigenvalue weighted by molar-refractivity contribution is -0.142. The molecular weight excluding hydrogens is 675 g/mol. The Morgan fingerprint density at radius 1 is 1.08 bits per heavy atom. The summed E-state index contributed by atoms with van der Waals surface area (Å²) in [5, 5.41) is 6.73. The molecule has 51 heavy (non-hydrogen) atoms. The van der Waals surface area contributed by atoms with Gasteiger partial charge in [0.1, 0.15) is 23.7 Å². The van der Waals surface area contributed by atoms with E-state index in [4.69, 9.17) is 9.47 Å². The highest BCUT2D eigenvalue weighted by molar-refractivity contribution is 7.91. The van der Waals surface area contributed by atoms with Gasteiger partial charge in [0.15, 0.2) is 0 Å². The zero-order chi connectivity index (χ0) is 35.8. The van der Waals surface area contributed by atoms with Crippen LogP contribution < -0.4 is 20.1 Å². The van der Waals surface area contributed by atoms with Crippen LogP contribution in [-0.4, -0.2) is 84.2 Å². The van der Waals surface area contributed by atoms with Gasteiger partial charge >= 0.3 is 6.09 Å². The third-order valence-electron chi connectivity index (χ3n) is 10.8. The average molecular weight is 720 g/mol. The standard InChI is InChI=1S/C37H45N5O8S/c1-2-26-21-37(26,35(45)41-51(47,48)28-14-15-28)40-32(43)30-20-27-22-42(30)34(44)31(25-10-6-7-11-25)39-36(46)49-18-8-4-3-5-9-23-12-13-24-16-17-38-33(50-27)29(24)19-23/h2,5,9,12-13,16-17,19,25-28,30-31H,1,3-4,6-8,10-11,14-15,18,20-22H2,(H,39,46)(H,40,43)(H,41,45)/b9-5+/t26-,27-,30+,31+,37-/m1/s1. The molecule has 4 amide bonds. The number of hydrogen-bond donors (Lipinski definition) is 3. The molecule has 7 rings (SSSR count). The molecule has 0 radical (unpaired) electrons. The Kier molecular flexibility index (Phi) is 9.79. The van der Waals surface area contributed by atoms with E-state index < -0.39 is 68.7 Å². The molecule has 5 aliphatic rings. The second kappa shape index (κ2) is 14.3. The van der Waals surface area contributed by atoms with Crippen LogP contribution >= 0.6 is 0 Å². The third kappa shape index (κ3) is 7.46. The summed E-state index contributed by atoms with van der Waals surface area (Å²) in [7, 11) is -3.88. The Hall–Kier alpha value is -4.46. The number of benzene rings is 1. The number of aromatic nitrogens is 1. The number of cyclic esters (lactones) is 1. The minimum Gasteiger partial charge on any atom is -0.472 e. The van der Waals surface area contributed by atoms with Crippen molar-refractivity contribution in [1.29, 1.82) is 0 Å². The lowest BCUT2D eigenvalue weighted by Gasteiger charge is -2.32. The van der Waals surface area contributed by atoms with Crippen LogP contribution in [0.25, 0.3) is 16.8 Å². The van der Waals surface area contributed by atoms with Gasteiger partial charge in [-0.1, -0.05) is 43.2 Å². The fourth-order valence-corrected chi connectivity index (χ4v) is 9.04. The van der Waals surface area contributed by atoms with Gasteiger partial charge in [-0.25, -0.2) is 18.2 Å². The molecule has 5 atom stereocenters. The number of carbonyl (C=O) groups is 4. The zero-order valence-corrected chi connectivity index (χ0v) is 29.4. The van der Waals surface area contributed by atoms with E-state index >= 15 is 0 Å². The van der Waals surface area contributed by atoms with Gasteiger partial charge in [0.2, 0.25) is 27.7 Å². The van der Waals surface area contributed by atoms with Gasteiger partial charge in [-0.15, -0.1) is 6.58 Å². The van der Waals surface area contributed by atoms with Crippen molar-refractivity contribution in [3.8, 4) is 5.88 Å². The number of alkyl carbamates (subject to hydrolysis) is 1. The number of nitrogens with zero attached hydrogens (tertiary/aromatic N) is 2. The monoisotopic (exact) mass is 719 g/mol. The van der Waals surface area contributed by atoms with Crippen LogP contribution in [0.3, 0.4) is 0 Å². The first kappa shape index (κ1) is 35.0. The second-order valence-electron chi connectivity index (χ2n) is 14.5. The van der Waals surface area contributed by atoms with Crippen LogP contribution in [0.1, 0.15) is 76.2 Å². The lowest BCUT2D eigenvalue weighted by Crippen LogP contribution is -2.59. The predicted molar refractivity (Wildman–Crippen MR) is 189 cm³/mol. The fourth-order valence-electron chi connectivity index (χ4n) is 7.68. The first-order valence-electron chi connectivity index (χ1n) is 18.0. The summed E-state index contributed by atoms with van der Waals surface area (Å²) in [6, 6.07) is 5.87. The Morgan fingerprint density at radius 2 is 1.88 bits per heavy atom. The molecule has 3 aliphatic carbocycles. The average Bonchev–Trinajstić information content (AvgIpc) is 3.99. The van der Waals surface area contributed by atoms with Crippen molar-refractivity contribution in [2.45, 2.75) is 99.6 Å². The van der Waals surface area contributed by atoms with Crippen molar-refractivity contribution >= 4 is 50.7 Å². The van der Waals surface area contributed by atoms with Crippen LogP contribution in [-0.2, 0) is 29.1 Å². The predicted octanol–water partition coefficient (Wildman–Crippen LogP) is 3.73. The van der Waals surface area contributed by atoms with Gasteiger partial charge < -0.3 is 25.0 Å². The number of ether oxygens (including phenoxy) is 2. The summed E-state index contributed by atoms with van der Waals surface area (Å²) in [6.07, 6.45) is 12.7. The number of carbonyl (C=O) groups excluding carboxylic acids is 4. The summed E-state index contributed by atoms with van der Waals surface area (Å²) in [5.41, 5.74) is -0.560. The van der Waals surface area contributed by atoms with E-state index in [2.05, 4.69) is 33.0 Å². The molecule has 1 aromatic heterocycles. The largest absolute Gasteiger partial charge is 0.472 e. The number of hydrogen-bond acceptors (Lipinski definition) is 9. The van der Waals surface area contributed by atoms with E-state index in [0.29, 0.717) is 25.1 Å². The first-order valence-corrected chi connectivity index (χ1v) is 19.6. The highest BCUT2D eigenvalue weighted by Gasteiger charge is 2.62. The molecule has 3 N–H and O–H groups in total. The molecule has 0 spiro atoms. The van der Waals surface area contributed by atoms with Crippen molar-refractivity contribution in [2.24, 2.45) is 11.8 Å². The number of sulfonamides is 1. The summed E-state index contributed by atoms with van der Waals surface area (Å²) in [6.45, 7) is 4.01. The summed E-state index contributed by atoms with van der Waals surface area (Å²) in [4.78, 5) is 61.3. The summed E-state index contributed by atoms with van der Waals surface area (Å²) in [5.74, 6) is -2.15. The number of allylic oxidation sites excluding steroid dienone is 1. The van der Waals surface area contributed by atoms with Gasteiger partial charge in [0.25, 0.3) is 5.91 Å². The van der Waals surface area contributed by atoms with E-state index in [1.54, 1.807) is 6.20 Å². The van der Waals surface area contributed by atoms with Crippen LogP contribution in [0.15, 0.2) is 49.2 Å². The van der Waals surface area contributed by atoms with Crippen molar-refractivity contribution < 1.29 is 37.1 Å². The molecule has 1 aromatic carbocycles. The smallest absolute Gasteiger partial charge is 0.407 e. The number of fused-ring (bicyclic) bond motifs is 3. The molecule has 14 heteroatoms. The van der Waals surface area contributed by atoms with Gasteiger partial charge in [0, 0.05) is 23.9 Å². The SMILES string of the molecule is C=C[C@@H]1C[C@]1(NC(=O)[C@@H]1C[C@@H]2CN1C(=O)[C@H](C1CCCC1)NC(=O)OCCCC/C=C/c1ccc3ccnc(c3c1)O2)C(=O)NS(=O)(=O)C1CC1. The van der Waals surface area contributed by atoms with Crippen LogP contribution in [0.2, 0.25) is 0 Å². The number of rotatable bonds is 7. The highest BCUT2D eigenvalue weighted by Crippen LogP contribution is 2.45. The maximum absolute atomic E-state index is 14.5. The number of nitrogens with one attached hydrogen (secondary N) is 3. The zero-order valence-electron chi connectivity index (χ0n) is 28.6. The molecule has 1 saturated heterocycles. The molecular formula is C37H45N5O8S. The van der Waals surface area contributed by atoms with Crippen LogP contribution in [0.5, 0.6) is 5.88 Å². The van der Waals surface area contributed by atoms with Crippen molar-refractivity contribution in [1.82, 2.24) is 25.2 Å². The van der Waals surface area contributed by atoms with Gasteiger partial charge in [-0.05, 0) is 80.4 Å². The summed E-state index contributed by atoms with van der Waals surface area (Å²) >= 11 is 0. The number of amides is 4. The van der Waals surface area contributed by atoms with Gasteiger partial charge in [0.05, 0.1) is 18.4 Å². The molecule has 13 nitrogen and oxygen atoms in total. The highest BCUT2D eigenvalue weighted by atomic mass is 32.2. The minimum atomic E-state index is -3.88. The van der Waals surface area contributed by atoms with E-state index in [0.717, 1.165) is 54.9 Å². The van der Waals surface area contributed by atoms with Crippen molar-refractivity contribution in [2.75, 3.05) is 13.2 Å². The molecule has 2 aliphatic heterocycles. The minimum absolute atomic E-state index is 0.0225. The molecule has 4 fully saturated rings. The van der Waals surface area contributed by atoms with E-state index in [1.165, 1.54) is 11.0 Å². The summed E-state index contributed by atoms with van der Waals surface area (Å²) < 4.78 is 39.5. The maximum atomic E-state index is 14.5. The van der Waals surface area contributed by atoms with Crippen LogP contribution in [0.4, 0.5) is 4.79 Å². The van der Waals surface area contributed by atoms with Crippen molar-refractivity contribution in [3.63, 3.8) is 0 Å².